The van der Waals surface area contributed by atoms with E-state index in [0.717, 1.165) is 5.56 Å². The van der Waals surface area contributed by atoms with Crippen molar-refractivity contribution in [3.05, 3.63) is 105 Å². The van der Waals surface area contributed by atoms with Crippen molar-refractivity contribution in [1.29, 1.82) is 5.26 Å². The first-order valence-electron chi connectivity index (χ1n) is 8.88. The third-order valence-corrected chi connectivity index (χ3v) is 4.29. The van der Waals surface area contributed by atoms with Crippen LogP contribution in [0, 0.1) is 21.4 Å². The molecule has 3 aromatic carbocycles. The van der Waals surface area contributed by atoms with Crippen molar-refractivity contribution >= 4 is 23.3 Å². The van der Waals surface area contributed by atoms with Crippen molar-refractivity contribution < 1.29 is 19.6 Å². The van der Waals surface area contributed by atoms with Crippen molar-refractivity contribution in [2.75, 3.05) is 0 Å². The van der Waals surface area contributed by atoms with Crippen molar-refractivity contribution in [2.24, 2.45) is 0 Å². The number of carbonyl (C=O) groups is 1. The van der Waals surface area contributed by atoms with Gasteiger partial charge in [0.1, 0.15) is 6.61 Å². The van der Waals surface area contributed by atoms with E-state index in [-0.39, 0.29) is 29.2 Å². The van der Waals surface area contributed by atoms with Gasteiger partial charge in [0.25, 0.3) is 0 Å². The molecule has 0 aliphatic carbocycles. The molecule has 3 aromatic rings. The number of aromatic carboxylic acids is 1. The number of nitriles is 1. The molecule has 148 valence electrons. The number of carboxylic acids is 1. The van der Waals surface area contributed by atoms with E-state index in [9.17, 15) is 20.2 Å². The highest BCUT2D eigenvalue weighted by Gasteiger charge is 2.16. The highest BCUT2D eigenvalue weighted by Crippen LogP contribution is 2.30. The topological polar surface area (TPSA) is 113 Å². The van der Waals surface area contributed by atoms with Crippen molar-refractivity contribution in [1.82, 2.24) is 0 Å². The van der Waals surface area contributed by atoms with E-state index in [4.69, 9.17) is 9.84 Å². The summed E-state index contributed by atoms with van der Waals surface area (Å²) in [5, 5.41) is 29.9. The molecule has 0 bridgehead atoms. The number of nitro benzene ring substituents is 1. The lowest BCUT2D eigenvalue weighted by atomic mass is 10.0. The molecule has 0 heterocycles. The first kappa shape index (κ1) is 20.3. The summed E-state index contributed by atoms with van der Waals surface area (Å²) >= 11 is 0. The van der Waals surface area contributed by atoms with Gasteiger partial charge in [-0.2, -0.15) is 5.26 Å². The molecule has 30 heavy (non-hydrogen) atoms. The lowest BCUT2D eigenvalue weighted by Gasteiger charge is -2.08. The molecule has 0 saturated heterocycles. The molecule has 0 radical (unpaired) electrons. The van der Waals surface area contributed by atoms with E-state index in [1.54, 1.807) is 6.07 Å². The Bertz CT molecular complexity index is 1150. The third kappa shape index (κ3) is 4.88. The lowest BCUT2D eigenvalue weighted by molar-refractivity contribution is -0.386. The van der Waals surface area contributed by atoms with Crippen LogP contribution in [0.25, 0.3) is 11.6 Å². The largest absolute Gasteiger partial charge is 0.482 e. The molecule has 0 aliphatic heterocycles. The van der Waals surface area contributed by atoms with Gasteiger partial charge in [-0.15, -0.1) is 0 Å². The predicted octanol–water partition coefficient (Wildman–Crippen LogP) is 4.94. The Morgan fingerprint density at radius 3 is 2.33 bits per heavy atom. The summed E-state index contributed by atoms with van der Waals surface area (Å²) in [6, 6.07) is 21.6. The molecule has 0 atom stereocenters. The highest BCUT2D eigenvalue weighted by molar-refractivity contribution is 5.92. The van der Waals surface area contributed by atoms with Crippen LogP contribution >= 0.6 is 0 Å². The standard InChI is InChI=1S/C23H16N2O5/c24-14-20(18-7-9-19(10-8-18)23(26)27)12-17-6-11-22(21(13-17)25(28)29)30-15-16-4-2-1-3-5-16/h1-13H,15H2,(H,26,27)/b20-12-. The fraction of sp³-hybridized carbons (Fsp3) is 0.0435. The Morgan fingerprint density at radius 2 is 1.73 bits per heavy atom. The molecule has 7 heteroatoms. The summed E-state index contributed by atoms with van der Waals surface area (Å²) in [4.78, 5) is 21.9. The Balaban J connectivity index is 1.87. The number of nitrogens with zero attached hydrogens (tertiary/aromatic N) is 2. The fourth-order valence-electron chi connectivity index (χ4n) is 2.76. The van der Waals surface area contributed by atoms with Gasteiger partial charge in [-0.05, 0) is 41.0 Å². The number of ether oxygens (including phenoxy) is 1. The molecule has 0 amide bonds. The lowest BCUT2D eigenvalue weighted by Crippen LogP contribution is -1.99. The molecular formula is C23H16N2O5. The van der Waals surface area contributed by atoms with Crippen LogP contribution in [-0.2, 0) is 6.61 Å². The van der Waals surface area contributed by atoms with Crippen molar-refractivity contribution in [2.45, 2.75) is 6.61 Å². The molecule has 0 saturated carbocycles. The Labute approximate surface area is 172 Å². The number of carboxylic acid groups (broad SMARTS) is 1. The fourth-order valence-corrected chi connectivity index (χ4v) is 2.76. The van der Waals surface area contributed by atoms with Crippen LogP contribution in [0.3, 0.4) is 0 Å². The number of hydrogen-bond donors (Lipinski definition) is 1. The van der Waals surface area contributed by atoms with Crippen LogP contribution in [0.5, 0.6) is 5.75 Å². The van der Waals surface area contributed by atoms with Gasteiger partial charge in [-0.25, -0.2) is 4.79 Å². The summed E-state index contributed by atoms with van der Waals surface area (Å²) in [7, 11) is 0. The number of allylic oxidation sites excluding steroid dienone is 1. The molecule has 0 aliphatic rings. The van der Waals surface area contributed by atoms with Crippen molar-refractivity contribution in [3.8, 4) is 11.8 Å². The number of nitro groups is 1. The average Bonchev–Trinajstić information content (AvgIpc) is 2.77. The van der Waals surface area contributed by atoms with Gasteiger partial charge >= 0.3 is 11.7 Å². The Morgan fingerprint density at radius 1 is 1.07 bits per heavy atom. The zero-order valence-electron chi connectivity index (χ0n) is 15.7. The minimum atomic E-state index is -1.06. The van der Waals surface area contributed by atoms with Crippen LogP contribution in [0.15, 0.2) is 72.8 Å². The van der Waals surface area contributed by atoms with Gasteiger partial charge < -0.3 is 9.84 Å². The number of rotatable bonds is 7. The van der Waals surface area contributed by atoms with Crippen LogP contribution in [0.4, 0.5) is 5.69 Å². The minimum Gasteiger partial charge on any atom is -0.482 e. The summed E-state index contributed by atoms with van der Waals surface area (Å²) in [5.41, 5.74) is 1.98. The Hall–Kier alpha value is -4.44. The van der Waals surface area contributed by atoms with E-state index < -0.39 is 10.9 Å². The van der Waals surface area contributed by atoms with E-state index >= 15 is 0 Å². The normalized spacial score (nSPS) is 10.8. The van der Waals surface area contributed by atoms with Crippen molar-refractivity contribution in [3.63, 3.8) is 0 Å². The van der Waals surface area contributed by atoms with Crippen LogP contribution < -0.4 is 4.74 Å². The monoisotopic (exact) mass is 400 g/mol. The molecule has 7 nitrogen and oxygen atoms in total. The van der Waals surface area contributed by atoms with Gasteiger partial charge in [0.2, 0.25) is 0 Å². The maximum atomic E-state index is 11.5. The second-order valence-corrected chi connectivity index (χ2v) is 6.31. The predicted molar refractivity (Wildman–Crippen MR) is 111 cm³/mol. The van der Waals surface area contributed by atoms with E-state index in [1.165, 1.54) is 42.5 Å². The second kappa shape index (κ2) is 9.17. The summed E-state index contributed by atoms with van der Waals surface area (Å²) < 4.78 is 5.61. The van der Waals surface area contributed by atoms with Crippen LogP contribution in [0.2, 0.25) is 0 Å². The zero-order chi connectivity index (χ0) is 21.5. The van der Waals surface area contributed by atoms with Gasteiger partial charge in [0.05, 0.1) is 22.1 Å². The second-order valence-electron chi connectivity index (χ2n) is 6.31. The zero-order valence-corrected chi connectivity index (χ0v) is 15.7. The van der Waals surface area contributed by atoms with Gasteiger partial charge in [-0.3, -0.25) is 10.1 Å². The first-order valence-corrected chi connectivity index (χ1v) is 8.88. The van der Waals surface area contributed by atoms with Crippen LogP contribution in [-0.4, -0.2) is 16.0 Å². The van der Waals surface area contributed by atoms with E-state index in [0.29, 0.717) is 11.1 Å². The van der Waals surface area contributed by atoms with E-state index in [2.05, 4.69) is 0 Å². The molecule has 0 fully saturated rings. The van der Waals surface area contributed by atoms with Gasteiger partial charge in [-0.1, -0.05) is 48.5 Å². The SMILES string of the molecule is N#C/C(=C/c1ccc(OCc2ccccc2)c([N+](=O)[O-])c1)c1ccc(C(=O)O)cc1. The summed E-state index contributed by atoms with van der Waals surface area (Å²) in [6.07, 6.45) is 1.50. The molecule has 0 spiro atoms. The molecule has 0 unspecified atom stereocenters. The summed E-state index contributed by atoms with van der Waals surface area (Å²) in [6.45, 7) is 0.191. The van der Waals surface area contributed by atoms with Crippen LogP contribution in [0.1, 0.15) is 27.0 Å². The summed E-state index contributed by atoms with van der Waals surface area (Å²) in [5.74, 6) is -0.934. The Kier molecular flexibility index (Phi) is 6.20. The third-order valence-electron chi connectivity index (χ3n) is 4.29. The van der Waals surface area contributed by atoms with E-state index in [1.807, 2.05) is 36.4 Å². The quantitative estimate of drug-likeness (QED) is 0.260. The molecular weight excluding hydrogens is 384 g/mol. The van der Waals surface area contributed by atoms with Gasteiger partial charge in [0.15, 0.2) is 5.75 Å². The van der Waals surface area contributed by atoms with Gasteiger partial charge in [0, 0.05) is 6.07 Å². The molecule has 0 aromatic heterocycles. The minimum absolute atomic E-state index is 0.103. The maximum Gasteiger partial charge on any atom is 0.335 e. The highest BCUT2D eigenvalue weighted by atomic mass is 16.6. The average molecular weight is 400 g/mol. The number of benzene rings is 3. The number of hydrogen-bond acceptors (Lipinski definition) is 5. The molecule has 1 N–H and O–H groups in total. The molecule has 3 rings (SSSR count). The smallest absolute Gasteiger partial charge is 0.335 e. The first-order chi connectivity index (χ1) is 14.5. The maximum absolute atomic E-state index is 11.5.